The maximum atomic E-state index is 12.0. The van der Waals surface area contributed by atoms with Crippen LogP contribution in [0.15, 0.2) is 0 Å². The number of rotatable bonds is 4. The van der Waals surface area contributed by atoms with Crippen molar-refractivity contribution in [2.24, 2.45) is 5.92 Å². The van der Waals surface area contributed by atoms with Crippen LogP contribution in [-0.2, 0) is 0 Å². The molecule has 1 rings (SSSR count). The van der Waals surface area contributed by atoms with Crippen molar-refractivity contribution in [2.75, 3.05) is 26.7 Å². The summed E-state index contributed by atoms with van der Waals surface area (Å²) >= 11 is 0. The summed E-state index contributed by atoms with van der Waals surface area (Å²) in [6.45, 7) is 3.94. The molecule has 0 spiro atoms. The van der Waals surface area contributed by atoms with Gasteiger partial charge in [-0.15, -0.1) is 0 Å². The third-order valence-electron chi connectivity index (χ3n) is 3.01. The summed E-state index contributed by atoms with van der Waals surface area (Å²) in [5, 5.41) is 3.30. The summed E-state index contributed by atoms with van der Waals surface area (Å²) in [5.41, 5.74) is 0. The van der Waals surface area contributed by atoms with E-state index in [9.17, 15) is 13.2 Å². The van der Waals surface area contributed by atoms with Gasteiger partial charge in [0.25, 0.3) is 0 Å². The molecule has 2 unspecified atom stereocenters. The van der Waals surface area contributed by atoms with Crippen LogP contribution in [0.3, 0.4) is 0 Å². The van der Waals surface area contributed by atoms with Crippen LogP contribution in [0.5, 0.6) is 0 Å². The fourth-order valence-corrected chi connectivity index (χ4v) is 1.97. The second-order valence-electron chi connectivity index (χ2n) is 4.42. The zero-order chi connectivity index (χ0) is 11.5. The minimum atomic E-state index is -4.03. The molecule has 0 aromatic rings. The Morgan fingerprint density at radius 2 is 2.07 bits per heavy atom. The van der Waals surface area contributed by atoms with Crippen molar-refractivity contribution >= 4 is 0 Å². The summed E-state index contributed by atoms with van der Waals surface area (Å²) in [7, 11) is 1.76. The first-order valence-electron chi connectivity index (χ1n) is 5.37. The fraction of sp³-hybridized carbons (Fsp3) is 1.00. The molecule has 5 heteroatoms. The standard InChI is InChI=1S/C10H19F3N2/c1-8-9(3-5-14-8)7-15(2)6-4-10(11,12)13/h8-9,14H,3-7H2,1-2H3. The second-order valence-corrected chi connectivity index (χ2v) is 4.42. The lowest BCUT2D eigenvalue weighted by molar-refractivity contribution is -0.137. The zero-order valence-corrected chi connectivity index (χ0v) is 9.27. The number of halogens is 3. The number of nitrogens with zero attached hydrogens (tertiary/aromatic N) is 1. The van der Waals surface area contributed by atoms with E-state index in [1.807, 2.05) is 0 Å². The van der Waals surface area contributed by atoms with E-state index in [-0.39, 0.29) is 6.54 Å². The first-order valence-corrected chi connectivity index (χ1v) is 5.37. The van der Waals surface area contributed by atoms with Crippen LogP contribution in [0.25, 0.3) is 0 Å². The SMILES string of the molecule is CC1NCCC1CN(C)CCC(F)(F)F. The molecule has 1 fully saturated rings. The van der Waals surface area contributed by atoms with Gasteiger partial charge >= 0.3 is 6.18 Å². The van der Waals surface area contributed by atoms with E-state index in [1.165, 1.54) is 0 Å². The normalized spacial score (nSPS) is 27.6. The Kier molecular flexibility index (Phi) is 4.40. The molecule has 0 saturated carbocycles. The van der Waals surface area contributed by atoms with Gasteiger partial charge in [-0.2, -0.15) is 13.2 Å². The van der Waals surface area contributed by atoms with Crippen LogP contribution >= 0.6 is 0 Å². The molecule has 1 aliphatic heterocycles. The monoisotopic (exact) mass is 224 g/mol. The van der Waals surface area contributed by atoms with Gasteiger partial charge in [0.2, 0.25) is 0 Å². The predicted molar refractivity (Wildman–Crippen MR) is 53.7 cm³/mol. The van der Waals surface area contributed by atoms with Crippen molar-refractivity contribution in [3.05, 3.63) is 0 Å². The topological polar surface area (TPSA) is 15.3 Å². The Bertz CT molecular complexity index is 194. The lowest BCUT2D eigenvalue weighted by atomic mass is 10.0. The lowest BCUT2D eigenvalue weighted by Crippen LogP contribution is -2.34. The average Bonchev–Trinajstić information content (AvgIpc) is 2.47. The highest BCUT2D eigenvalue weighted by Gasteiger charge is 2.28. The molecule has 0 aromatic carbocycles. The van der Waals surface area contributed by atoms with Crippen LogP contribution in [0, 0.1) is 5.92 Å². The van der Waals surface area contributed by atoms with E-state index in [0.29, 0.717) is 12.0 Å². The lowest BCUT2D eigenvalue weighted by Gasteiger charge is -2.23. The Morgan fingerprint density at radius 3 is 2.53 bits per heavy atom. The number of alkyl halides is 3. The summed E-state index contributed by atoms with van der Waals surface area (Å²) in [6, 6.07) is 0.429. The third kappa shape index (κ3) is 4.84. The van der Waals surface area contributed by atoms with E-state index < -0.39 is 12.6 Å². The third-order valence-corrected chi connectivity index (χ3v) is 3.01. The van der Waals surface area contributed by atoms with Gasteiger partial charge < -0.3 is 10.2 Å². The molecule has 0 aromatic heterocycles. The van der Waals surface area contributed by atoms with Gasteiger partial charge in [0.05, 0.1) is 6.42 Å². The van der Waals surface area contributed by atoms with E-state index in [2.05, 4.69) is 12.2 Å². The van der Waals surface area contributed by atoms with E-state index in [1.54, 1.807) is 11.9 Å². The minimum Gasteiger partial charge on any atom is -0.314 e. The van der Waals surface area contributed by atoms with Crippen LogP contribution in [0.4, 0.5) is 13.2 Å². The maximum absolute atomic E-state index is 12.0. The van der Waals surface area contributed by atoms with Gasteiger partial charge in [-0.1, -0.05) is 0 Å². The van der Waals surface area contributed by atoms with Gasteiger partial charge in [0.1, 0.15) is 0 Å². The number of hydrogen-bond acceptors (Lipinski definition) is 2. The smallest absolute Gasteiger partial charge is 0.314 e. The molecule has 1 saturated heterocycles. The van der Waals surface area contributed by atoms with Crippen molar-refractivity contribution in [2.45, 2.75) is 32.0 Å². The second kappa shape index (κ2) is 5.16. The molecule has 0 aliphatic carbocycles. The summed E-state index contributed by atoms with van der Waals surface area (Å²) < 4.78 is 35.9. The molecular weight excluding hydrogens is 205 g/mol. The number of nitrogens with one attached hydrogen (secondary N) is 1. The van der Waals surface area contributed by atoms with E-state index in [0.717, 1.165) is 19.5 Å². The molecule has 1 heterocycles. The largest absolute Gasteiger partial charge is 0.390 e. The highest BCUT2D eigenvalue weighted by Crippen LogP contribution is 2.21. The van der Waals surface area contributed by atoms with Crippen molar-refractivity contribution in [1.82, 2.24) is 10.2 Å². The molecule has 0 bridgehead atoms. The fourth-order valence-electron chi connectivity index (χ4n) is 1.97. The molecule has 2 nitrogen and oxygen atoms in total. The Balaban J connectivity index is 2.20. The minimum absolute atomic E-state index is 0.104. The highest BCUT2D eigenvalue weighted by atomic mass is 19.4. The Morgan fingerprint density at radius 1 is 1.40 bits per heavy atom. The summed E-state index contributed by atoms with van der Waals surface area (Å²) in [4.78, 5) is 1.78. The number of hydrogen-bond donors (Lipinski definition) is 1. The van der Waals surface area contributed by atoms with Crippen LogP contribution in [0.1, 0.15) is 19.8 Å². The molecule has 1 N–H and O–H groups in total. The molecule has 90 valence electrons. The molecule has 2 atom stereocenters. The molecule has 1 aliphatic rings. The molecular formula is C10H19F3N2. The molecule has 15 heavy (non-hydrogen) atoms. The van der Waals surface area contributed by atoms with E-state index in [4.69, 9.17) is 0 Å². The predicted octanol–water partition coefficient (Wildman–Crippen LogP) is 1.87. The Labute approximate surface area is 88.8 Å². The van der Waals surface area contributed by atoms with Crippen molar-refractivity contribution < 1.29 is 13.2 Å². The maximum Gasteiger partial charge on any atom is 0.390 e. The first kappa shape index (κ1) is 12.8. The first-order chi connectivity index (χ1) is 6.88. The van der Waals surface area contributed by atoms with Crippen LogP contribution < -0.4 is 5.32 Å². The van der Waals surface area contributed by atoms with E-state index >= 15 is 0 Å². The molecule has 0 radical (unpaired) electrons. The van der Waals surface area contributed by atoms with Gasteiger partial charge in [0, 0.05) is 19.1 Å². The van der Waals surface area contributed by atoms with Gasteiger partial charge in [-0.25, -0.2) is 0 Å². The zero-order valence-electron chi connectivity index (χ0n) is 9.27. The van der Waals surface area contributed by atoms with Gasteiger partial charge in [0.15, 0.2) is 0 Å². The van der Waals surface area contributed by atoms with Crippen molar-refractivity contribution in [3.63, 3.8) is 0 Å². The average molecular weight is 224 g/mol. The summed E-state index contributed by atoms with van der Waals surface area (Å²) in [5.74, 6) is 0.489. The van der Waals surface area contributed by atoms with Crippen molar-refractivity contribution in [1.29, 1.82) is 0 Å². The molecule has 0 amide bonds. The van der Waals surface area contributed by atoms with Crippen LogP contribution in [0.2, 0.25) is 0 Å². The summed E-state index contributed by atoms with van der Waals surface area (Å²) in [6.07, 6.45) is -3.68. The van der Waals surface area contributed by atoms with Crippen LogP contribution in [-0.4, -0.2) is 43.8 Å². The quantitative estimate of drug-likeness (QED) is 0.784. The van der Waals surface area contributed by atoms with Gasteiger partial charge in [-0.05, 0) is 32.9 Å². The Hall–Kier alpha value is -0.290. The van der Waals surface area contributed by atoms with Crippen molar-refractivity contribution in [3.8, 4) is 0 Å². The van der Waals surface area contributed by atoms with Gasteiger partial charge in [-0.3, -0.25) is 0 Å². The highest BCUT2D eigenvalue weighted by molar-refractivity contribution is 4.81.